The van der Waals surface area contributed by atoms with E-state index in [0.717, 1.165) is 0 Å². The quantitative estimate of drug-likeness (QED) is 0.465. The van der Waals surface area contributed by atoms with Crippen LogP contribution in [-0.2, 0) is 0 Å². The fourth-order valence-electron chi connectivity index (χ4n) is 0.847. The molecule has 0 bridgehead atoms. The maximum atomic E-state index is 5.24. The van der Waals surface area contributed by atoms with E-state index in [1.165, 1.54) is 24.8 Å². The third kappa shape index (κ3) is 0.923. The highest BCUT2D eigenvalue weighted by molar-refractivity contribution is 5.18. The van der Waals surface area contributed by atoms with E-state index in [4.69, 9.17) is 6.58 Å². The van der Waals surface area contributed by atoms with Gasteiger partial charge in [0.15, 0.2) is 0 Å². The first-order valence-electron chi connectivity index (χ1n) is 2.67. The Balaban J connectivity index is 2.51. The highest BCUT2D eigenvalue weighted by Crippen LogP contribution is 2.16. The topological polar surface area (TPSA) is 0 Å². The summed E-state index contributed by atoms with van der Waals surface area (Å²) in [6.07, 6.45) is 7.61. The molecule has 0 unspecified atom stereocenters. The molecule has 0 aromatic heterocycles. The highest BCUT2D eigenvalue weighted by Gasteiger charge is 1.97. The molecule has 1 radical (unpaired) electrons. The van der Waals surface area contributed by atoms with Gasteiger partial charge in [0.1, 0.15) is 0 Å². The third-order valence-corrected chi connectivity index (χ3v) is 1.29. The van der Waals surface area contributed by atoms with Crippen LogP contribution in [-0.4, -0.2) is 0 Å². The maximum Gasteiger partial charge on any atom is -0.0279 e. The van der Waals surface area contributed by atoms with Gasteiger partial charge in [-0.1, -0.05) is 24.3 Å². The van der Waals surface area contributed by atoms with Crippen LogP contribution < -0.4 is 0 Å². The Bertz CT molecular complexity index is 98.6. The molecule has 1 aliphatic carbocycles. The molecule has 0 atom stereocenters. The molecule has 0 amide bonds. The lowest BCUT2D eigenvalue weighted by atomic mass is 10.2. The molecular formula is C7H9. The van der Waals surface area contributed by atoms with Crippen molar-refractivity contribution in [1.29, 1.82) is 0 Å². The number of allylic oxidation sites excluding steroid dienone is 3. The Morgan fingerprint density at radius 2 is 2.57 bits per heavy atom. The predicted molar refractivity (Wildman–Crippen MR) is 30.8 cm³/mol. The van der Waals surface area contributed by atoms with Gasteiger partial charge in [0.2, 0.25) is 0 Å². The molecule has 37 valence electrons. The number of rotatable bonds is 1. The summed E-state index contributed by atoms with van der Waals surface area (Å²) >= 11 is 0. The van der Waals surface area contributed by atoms with E-state index in [0.29, 0.717) is 0 Å². The highest BCUT2D eigenvalue weighted by atomic mass is 14.0. The lowest BCUT2D eigenvalue weighted by Crippen LogP contribution is -1.63. The van der Waals surface area contributed by atoms with Crippen molar-refractivity contribution in [2.45, 2.75) is 19.3 Å². The minimum atomic E-state index is 1.19. The largest absolute Gasteiger partial charge is 0.0813 e. The lowest BCUT2D eigenvalue weighted by molar-refractivity contribution is 0.916. The van der Waals surface area contributed by atoms with Crippen LogP contribution in [0, 0.1) is 6.58 Å². The van der Waals surface area contributed by atoms with Gasteiger partial charge in [0.25, 0.3) is 0 Å². The summed E-state index contributed by atoms with van der Waals surface area (Å²) in [7, 11) is 0. The molecule has 1 aliphatic rings. The van der Waals surface area contributed by atoms with E-state index < -0.39 is 0 Å². The molecule has 0 saturated heterocycles. The van der Waals surface area contributed by atoms with Gasteiger partial charge in [0, 0.05) is 0 Å². The van der Waals surface area contributed by atoms with Crippen molar-refractivity contribution < 1.29 is 0 Å². The molecule has 0 aromatic carbocycles. The van der Waals surface area contributed by atoms with E-state index in [1.54, 1.807) is 6.08 Å². The first kappa shape index (κ1) is 4.63. The SMILES string of the molecule is [CH]=CC1=CCCC1. The Kier molecular flexibility index (Phi) is 1.30. The predicted octanol–water partition coefficient (Wildman–Crippen LogP) is 2.09. The summed E-state index contributed by atoms with van der Waals surface area (Å²) in [6.45, 7) is 5.24. The summed E-state index contributed by atoms with van der Waals surface area (Å²) in [5.41, 5.74) is 1.32. The Hall–Kier alpha value is -0.520. The second-order valence-electron chi connectivity index (χ2n) is 1.84. The summed E-state index contributed by atoms with van der Waals surface area (Å²) < 4.78 is 0. The number of hydrogen-bond acceptors (Lipinski definition) is 0. The normalized spacial score (nSPS) is 19.1. The molecule has 1 rings (SSSR count). The average molecular weight is 93.1 g/mol. The van der Waals surface area contributed by atoms with E-state index in [2.05, 4.69) is 6.08 Å². The van der Waals surface area contributed by atoms with Crippen LogP contribution in [0.2, 0.25) is 0 Å². The van der Waals surface area contributed by atoms with Gasteiger partial charge >= 0.3 is 0 Å². The van der Waals surface area contributed by atoms with Gasteiger partial charge in [-0.25, -0.2) is 0 Å². The average Bonchev–Trinajstić information content (AvgIpc) is 2.14. The Morgan fingerprint density at radius 3 is 2.86 bits per heavy atom. The lowest BCUT2D eigenvalue weighted by Gasteiger charge is -1.83. The van der Waals surface area contributed by atoms with Crippen molar-refractivity contribution in [3.8, 4) is 0 Å². The fraction of sp³-hybridized carbons (Fsp3) is 0.429. The molecule has 0 aromatic rings. The molecule has 0 spiro atoms. The molecular weight excluding hydrogens is 84.1 g/mol. The zero-order valence-corrected chi connectivity index (χ0v) is 4.35. The van der Waals surface area contributed by atoms with Gasteiger partial charge < -0.3 is 0 Å². The van der Waals surface area contributed by atoms with Crippen molar-refractivity contribution in [3.05, 3.63) is 24.3 Å². The molecule has 0 fully saturated rings. The van der Waals surface area contributed by atoms with Crippen molar-refractivity contribution in [3.63, 3.8) is 0 Å². The van der Waals surface area contributed by atoms with E-state index in [1.807, 2.05) is 0 Å². The van der Waals surface area contributed by atoms with Gasteiger partial charge in [0.05, 0.1) is 0 Å². The van der Waals surface area contributed by atoms with Gasteiger partial charge in [-0.2, -0.15) is 0 Å². The maximum absolute atomic E-state index is 5.24. The minimum absolute atomic E-state index is 1.19. The monoisotopic (exact) mass is 93.1 g/mol. The van der Waals surface area contributed by atoms with E-state index in [-0.39, 0.29) is 0 Å². The van der Waals surface area contributed by atoms with Gasteiger partial charge in [-0.3, -0.25) is 0 Å². The molecule has 0 N–H and O–H groups in total. The molecule has 7 heavy (non-hydrogen) atoms. The van der Waals surface area contributed by atoms with Crippen molar-refractivity contribution >= 4 is 0 Å². The zero-order valence-electron chi connectivity index (χ0n) is 4.35. The van der Waals surface area contributed by atoms with Crippen LogP contribution in [0.25, 0.3) is 0 Å². The van der Waals surface area contributed by atoms with Crippen molar-refractivity contribution in [2.24, 2.45) is 0 Å². The molecule has 0 nitrogen and oxygen atoms in total. The van der Waals surface area contributed by atoms with Gasteiger partial charge in [-0.15, -0.1) is 0 Å². The van der Waals surface area contributed by atoms with E-state index in [9.17, 15) is 0 Å². The summed E-state index contributed by atoms with van der Waals surface area (Å²) in [5.74, 6) is 0. The van der Waals surface area contributed by atoms with Crippen LogP contribution >= 0.6 is 0 Å². The van der Waals surface area contributed by atoms with Crippen LogP contribution in [0.3, 0.4) is 0 Å². The van der Waals surface area contributed by atoms with E-state index >= 15 is 0 Å². The molecule has 0 heteroatoms. The third-order valence-electron chi connectivity index (χ3n) is 1.29. The molecule has 0 aliphatic heterocycles. The second kappa shape index (κ2) is 1.97. The summed E-state index contributed by atoms with van der Waals surface area (Å²) in [6, 6.07) is 0. The zero-order chi connectivity index (χ0) is 5.11. The minimum Gasteiger partial charge on any atom is -0.0813 e. The van der Waals surface area contributed by atoms with Crippen LogP contribution in [0.15, 0.2) is 17.7 Å². The van der Waals surface area contributed by atoms with Crippen LogP contribution in [0.4, 0.5) is 0 Å². The summed E-state index contributed by atoms with van der Waals surface area (Å²) in [4.78, 5) is 0. The van der Waals surface area contributed by atoms with Crippen LogP contribution in [0.5, 0.6) is 0 Å². The second-order valence-corrected chi connectivity index (χ2v) is 1.84. The van der Waals surface area contributed by atoms with Crippen LogP contribution in [0.1, 0.15) is 19.3 Å². The smallest absolute Gasteiger partial charge is 0.0279 e. The first-order valence-corrected chi connectivity index (χ1v) is 2.67. The standard InChI is InChI=1S/C7H9/c1-2-7-5-3-4-6-7/h1-2,5H,3-4,6H2. The molecule has 0 saturated carbocycles. The number of hydrogen-bond donors (Lipinski definition) is 0. The Labute approximate surface area is 44.5 Å². The summed E-state index contributed by atoms with van der Waals surface area (Å²) in [5, 5.41) is 0. The Morgan fingerprint density at radius 1 is 1.71 bits per heavy atom. The first-order chi connectivity index (χ1) is 3.43. The van der Waals surface area contributed by atoms with Crippen molar-refractivity contribution in [1.82, 2.24) is 0 Å². The van der Waals surface area contributed by atoms with Gasteiger partial charge in [-0.05, 0) is 19.3 Å². The molecule has 0 heterocycles. The fourth-order valence-corrected chi connectivity index (χ4v) is 0.847. The van der Waals surface area contributed by atoms with Crippen molar-refractivity contribution in [2.75, 3.05) is 0 Å².